The largest absolute Gasteiger partial charge is 0.374 e. The first-order valence-corrected chi connectivity index (χ1v) is 7.24. The minimum Gasteiger partial charge on any atom is -0.374 e. The molecule has 0 bridgehead atoms. The molecule has 114 valence electrons. The molecule has 1 atom stereocenters. The molecular weight excluding hydrogens is 283 g/mol. The Bertz CT molecular complexity index is 665. The Balaban J connectivity index is 1.61. The van der Waals surface area contributed by atoms with E-state index in [-0.39, 0.29) is 11.9 Å². The van der Waals surface area contributed by atoms with Gasteiger partial charge in [0.25, 0.3) is 0 Å². The van der Waals surface area contributed by atoms with Gasteiger partial charge in [-0.25, -0.2) is 4.39 Å². The van der Waals surface area contributed by atoms with Crippen molar-refractivity contribution in [2.75, 3.05) is 19.7 Å². The van der Waals surface area contributed by atoms with Crippen molar-refractivity contribution in [1.82, 2.24) is 14.7 Å². The monoisotopic (exact) mass is 300 g/mol. The number of ether oxygens (including phenoxy) is 1. The zero-order valence-corrected chi connectivity index (χ0v) is 12.2. The number of hydrogen-bond donors (Lipinski definition) is 0. The summed E-state index contributed by atoms with van der Waals surface area (Å²) < 4.78 is 21.6. The first-order valence-electron chi connectivity index (χ1n) is 7.24. The Morgan fingerprint density at radius 1 is 1.45 bits per heavy atom. The summed E-state index contributed by atoms with van der Waals surface area (Å²) in [4.78, 5) is 2.17. The lowest BCUT2D eigenvalue weighted by Gasteiger charge is -2.33. The van der Waals surface area contributed by atoms with Gasteiger partial charge in [0.1, 0.15) is 5.82 Å². The van der Waals surface area contributed by atoms with E-state index in [1.54, 1.807) is 18.3 Å². The van der Waals surface area contributed by atoms with E-state index in [9.17, 15) is 4.39 Å². The minimum absolute atomic E-state index is 0.0510. The Morgan fingerprint density at radius 3 is 3.09 bits per heavy atom. The number of aromatic nitrogens is 2. The lowest BCUT2D eigenvalue weighted by molar-refractivity contribution is -0.0404. The van der Waals surface area contributed by atoms with Gasteiger partial charge < -0.3 is 4.74 Å². The Morgan fingerprint density at radius 2 is 2.36 bits per heavy atom. The van der Waals surface area contributed by atoms with Crippen molar-refractivity contribution < 1.29 is 9.13 Å². The standard InChI is InChI=1S/C16H17FN4O/c17-16-8-13(9-18)2-3-14(16)10-20-6-7-22-15(11-20)12-21-5-1-4-19-21/h1-5,8,15H,6-7,10-12H2/t15-/m1/s1. The maximum absolute atomic E-state index is 14.0. The van der Waals surface area contributed by atoms with E-state index < -0.39 is 0 Å². The quantitative estimate of drug-likeness (QED) is 0.864. The molecule has 0 amide bonds. The van der Waals surface area contributed by atoms with Crippen LogP contribution in [0.4, 0.5) is 4.39 Å². The average molecular weight is 300 g/mol. The maximum atomic E-state index is 14.0. The normalized spacial score (nSPS) is 19.0. The van der Waals surface area contributed by atoms with Crippen LogP contribution in [0, 0.1) is 17.1 Å². The van der Waals surface area contributed by atoms with Gasteiger partial charge in [-0.3, -0.25) is 9.58 Å². The highest BCUT2D eigenvalue weighted by Crippen LogP contribution is 2.15. The fourth-order valence-electron chi connectivity index (χ4n) is 2.64. The molecule has 5 nitrogen and oxygen atoms in total. The molecule has 1 fully saturated rings. The van der Waals surface area contributed by atoms with E-state index in [2.05, 4.69) is 10.00 Å². The third kappa shape index (κ3) is 3.50. The Labute approximate surface area is 128 Å². The van der Waals surface area contributed by atoms with E-state index in [1.165, 1.54) is 6.07 Å². The summed E-state index contributed by atoms with van der Waals surface area (Å²) in [5.74, 6) is -0.325. The molecule has 1 aliphatic rings. The third-order valence-electron chi connectivity index (χ3n) is 3.75. The van der Waals surface area contributed by atoms with Crippen LogP contribution < -0.4 is 0 Å². The fraction of sp³-hybridized carbons (Fsp3) is 0.375. The van der Waals surface area contributed by atoms with Gasteiger partial charge in [-0.05, 0) is 18.2 Å². The van der Waals surface area contributed by atoms with Crippen molar-refractivity contribution in [3.63, 3.8) is 0 Å². The van der Waals surface area contributed by atoms with E-state index in [0.717, 1.165) is 13.1 Å². The van der Waals surface area contributed by atoms with Crippen molar-refractivity contribution in [3.8, 4) is 6.07 Å². The summed E-state index contributed by atoms with van der Waals surface area (Å²) in [6.45, 7) is 3.36. The molecule has 6 heteroatoms. The van der Waals surface area contributed by atoms with Crippen LogP contribution in [-0.4, -0.2) is 40.5 Å². The molecule has 0 aliphatic carbocycles. The molecule has 0 spiro atoms. The van der Waals surface area contributed by atoms with Crippen LogP contribution in [0.5, 0.6) is 0 Å². The highest BCUT2D eigenvalue weighted by Gasteiger charge is 2.21. The second-order valence-electron chi connectivity index (χ2n) is 5.37. The van der Waals surface area contributed by atoms with Crippen LogP contribution in [-0.2, 0) is 17.8 Å². The van der Waals surface area contributed by atoms with Crippen molar-refractivity contribution in [2.45, 2.75) is 19.2 Å². The minimum atomic E-state index is -0.325. The van der Waals surface area contributed by atoms with Crippen LogP contribution in [0.3, 0.4) is 0 Å². The van der Waals surface area contributed by atoms with Gasteiger partial charge in [-0.2, -0.15) is 10.4 Å². The van der Waals surface area contributed by atoms with Crippen LogP contribution in [0.25, 0.3) is 0 Å². The molecule has 2 heterocycles. The average Bonchev–Trinajstić information content (AvgIpc) is 3.02. The van der Waals surface area contributed by atoms with Crippen molar-refractivity contribution in [2.24, 2.45) is 0 Å². The van der Waals surface area contributed by atoms with Crippen LogP contribution in [0.1, 0.15) is 11.1 Å². The van der Waals surface area contributed by atoms with Gasteiger partial charge in [0.15, 0.2) is 0 Å². The second kappa shape index (κ2) is 6.69. The molecule has 1 aliphatic heterocycles. The molecule has 0 saturated carbocycles. The van der Waals surface area contributed by atoms with Gasteiger partial charge in [-0.1, -0.05) is 6.07 Å². The summed E-state index contributed by atoms with van der Waals surface area (Å²) >= 11 is 0. The molecule has 1 aromatic carbocycles. The predicted molar refractivity (Wildman–Crippen MR) is 78.4 cm³/mol. The third-order valence-corrected chi connectivity index (χ3v) is 3.75. The smallest absolute Gasteiger partial charge is 0.129 e. The van der Waals surface area contributed by atoms with E-state index in [1.807, 2.05) is 23.0 Å². The van der Waals surface area contributed by atoms with Crippen LogP contribution >= 0.6 is 0 Å². The SMILES string of the molecule is N#Cc1ccc(CN2CCO[C@@H](Cn3cccn3)C2)c(F)c1. The maximum Gasteiger partial charge on any atom is 0.129 e. The molecule has 1 aromatic heterocycles. The second-order valence-corrected chi connectivity index (χ2v) is 5.37. The molecule has 0 unspecified atom stereocenters. The van der Waals surface area contributed by atoms with Crippen molar-refractivity contribution in [1.29, 1.82) is 5.26 Å². The van der Waals surface area contributed by atoms with Gasteiger partial charge in [0.2, 0.25) is 0 Å². The number of halogens is 1. The summed E-state index contributed by atoms with van der Waals surface area (Å²) in [6.07, 6.45) is 3.70. The zero-order valence-electron chi connectivity index (χ0n) is 12.2. The number of morpholine rings is 1. The number of nitrogens with zero attached hydrogens (tertiary/aromatic N) is 4. The summed E-state index contributed by atoms with van der Waals surface area (Å²) in [5, 5.41) is 13.0. The number of nitriles is 1. The Kier molecular flexibility index (Phi) is 4.47. The van der Waals surface area contributed by atoms with Crippen LogP contribution in [0.2, 0.25) is 0 Å². The topological polar surface area (TPSA) is 54.1 Å². The van der Waals surface area contributed by atoms with E-state index in [4.69, 9.17) is 10.00 Å². The Hall–Kier alpha value is -2.23. The molecule has 2 aromatic rings. The van der Waals surface area contributed by atoms with Crippen LogP contribution in [0.15, 0.2) is 36.7 Å². The summed E-state index contributed by atoms with van der Waals surface area (Å²) in [5.41, 5.74) is 0.957. The highest BCUT2D eigenvalue weighted by atomic mass is 19.1. The van der Waals surface area contributed by atoms with E-state index >= 15 is 0 Å². The molecule has 3 rings (SSSR count). The highest BCUT2D eigenvalue weighted by molar-refractivity contribution is 5.32. The van der Waals surface area contributed by atoms with Gasteiger partial charge in [0, 0.05) is 37.6 Å². The predicted octanol–water partition coefficient (Wildman–Crippen LogP) is 1.79. The molecule has 1 saturated heterocycles. The first-order chi connectivity index (χ1) is 10.7. The first kappa shape index (κ1) is 14.7. The zero-order chi connectivity index (χ0) is 15.4. The molecular formula is C16H17FN4O. The lowest BCUT2D eigenvalue weighted by atomic mass is 10.1. The summed E-state index contributed by atoms with van der Waals surface area (Å²) in [6, 6.07) is 8.46. The fourth-order valence-corrected chi connectivity index (χ4v) is 2.64. The molecule has 0 N–H and O–H groups in total. The number of rotatable bonds is 4. The lowest BCUT2D eigenvalue weighted by Crippen LogP contribution is -2.43. The number of hydrogen-bond acceptors (Lipinski definition) is 4. The molecule has 0 radical (unpaired) electrons. The number of benzene rings is 1. The van der Waals surface area contributed by atoms with Gasteiger partial charge >= 0.3 is 0 Å². The van der Waals surface area contributed by atoms with Crippen molar-refractivity contribution >= 4 is 0 Å². The van der Waals surface area contributed by atoms with E-state index in [0.29, 0.717) is 30.8 Å². The summed E-state index contributed by atoms with van der Waals surface area (Å²) in [7, 11) is 0. The van der Waals surface area contributed by atoms with Gasteiger partial charge in [0.05, 0.1) is 30.9 Å². The molecule has 22 heavy (non-hydrogen) atoms. The van der Waals surface area contributed by atoms with Gasteiger partial charge in [-0.15, -0.1) is 0 Å². The van der Waals surface area contributed by atoms with Crippen molar-refractivity contribution in [3.05, 3.63) is 53.6 Å².